The molecule has 0 rings (SSSR count). The minimum atomic E-state index is 0.688. The molecule has 0 aromatic carbocycles. The smallest absolute Gasteiger partial charge is 0.0983 e. The standard InChI is InChI=1S/C4H9NO.2C2H6/c1-2-6-4-3-5;2*1-2/h3-4H,2,5H2,1H3;2*1-2H3/b4-3-;;. The molecule has 0 fully saturated rings. The van der Waals surface area contributed by atoms with Gasteiger partial charge in [-0.15, -0.1) is 0 Å². The fourth-order valence-electron chi connectivity index (χ4n) is 0.152. The Labute approximate surface area is 65.1 Å². The van der Waals surface area contributed by atoms with Gasteiger partial charge in [0, 0.05) is 6.20 Å². The van der Waals surface area contributed by atoms with E-state index < -0.39 is 0 Å². The lowest BCUT2D eigenvalue weighted by Crippen LogP contribution is -1.80. The van der Waals surface area contributed by atoms with Gasteiger partial charge in [-0.2, -0.15) is 0 Å². The van der Waals surface area contributed by atoms with Crippen molar-refractivity contribution in [1.29, 1.82) is 0 Å². The van der Waals surface area contributed by atoms with E-state index in [9.17, 15) is 0 Å². The van der Waals surface area contributed by atoms with Crippen LogP contribution in [0.4, 0.5) is 0 Å². The van der Waals surface area contributed by atoms with E-state index in [1.807, 2.05) is 34.6 Å². The minimum Gasteiger partial charge on any atom is -0.500 e. The third-order valence-corrected chi connectivity index (χ3v) is 0.341. The van der Waals surface area contributed by atoms with Crippen LogP contribution in [0.1, 0.15) is 34.6 Å². The van der Waals surface area contributed by atoms with Gasteiger partial charge in [0.15, 0.2) is 0 Å². The van der Waals surface area contributed by atoms with Crippen molar-refractivity contribution in [3.63, 3.8) is 0 Å². The topological polar surface area (TPSA) is 35.2 Å². The summed E-state index contributed by atoms with van der Waals surface area (Å²) in [6.45, 7) is 10.6. The van der Waals surface area contributed by atoms with Gasteiger partial charge in [-0.05, 0) is 6.92 Å². The van der Waals surface area contributed by atoms with Gasteiger partial charge in [-0.1, -0.05) is 27.7 Å². The first kappa shape index (κ1) is 16.2. The van der Waals surface area contributed by atoms with E-state index >= 15 is 0 Å². The SMILES string of the molecule is CC.CC.CCO/C=C\N. The summed E-state index contributed by atoms with van der Waals surface area (Å²) in [5.41, 5.74) is 4.91. The van der Waals surface area contributed by atoms with E-state index in [0.29, 0.717) is 6.61 Å². The lowest BCUT2D eigenvalue weighted by Gasteiger charge is -1.86. The molecule has 0 aromatic heterocycles. The van der Waals surface area contributed by atoms with Crippen LogP contribution in [0.3, 0.4) is 0 Å². The molecule has 0 bridgehead atoms. The van der Waals surface area contributed by atoms with Crippen molar-refractivity contribution in [2.45, 2.75) is 34.6 Å². The van der Waals surface area contributed by atoms with Crippen molar-refractivity contribution < 1.29 is 4.74 Å². The Balaban J connectivity index is -0.000000105. The molecule has 0 aliphatic rings. The zero-order valence-electron chi connectivity index (χ0n) is 7.85. The number of rotatable bonds is 2. The van der Waals surface area contributed by atoms with Gasteiger partial charge >= 0.3 is 0 Å². The van der Waals surface area contributed by atoms with E-state index in [0.717, 1.165) is 0 Å². The lowest BCUT2D eigenvalue weighted by atomic mass is 10.9. The lowest BCUT2D eigenvalue weighted by molar-refractivity contribution is 0.268. The first-order valence-corrected chi connectivity index (χ1v) is 3.90. The molecule has 0 amide bonds. The highest BCUT2D eigenvalue weighted by atomic mass is 16.5. The Morgan fingerprint density at radius 3 is 1.70 bits per heavy atom. The van der Waals surface area contributed by atoms with Crippen LogP contribution in [-0.4, -0.2) is 6.61 Å². The molecule has 0 aliphatic carbocycles. The molecule has 2 nitrogen and oxygen atoms in total. The summed E-state index contributed by atoms with van der Waals surface area (Å²) in [4.78, 5) is 0. The van der Waals surface area contributed by atoms with Gasteiger partial charge < -0.3 is 10.5 Å². The van der Waals surface area contributed by atoms with Crippen LogP contribution in [0.2, 0.25) is 0 Å². The Morgan fingerprint density at radius 1 is 1.20 bits per heavy atom. The van der Waals surface area contributed by atoms with Crippen LogP contribution in [0.5, 0.6) is 0 Å². The number of hydrogen-bond donors (Lipinski definition) is 1. The minimum absolute atomic E-state index is 0.688. The van der Waals surface area contributed by atoms with Crippen molar-refractivity contribution in [2.24, 2.45) is 5.73 Å². The second-order valence-corrected chi connectivity index (χ2v) is 0.784. The third-order valence-electron chi connectivity index (χ3n) is 0.341. The molecule has 2 N–H and O–H groups in total. The normalized spacial score (nSPS) is 6.90. The Morgan fingerprint density at radius 2 is 1.60 bits per heavy atom. The highest BCUT2D eigenvalue weighted by Crippen LogP contribution is 1.68. The first-order chi connectivity index (χ1) is 4.91. The highest BCUT2D eigenvalue weighted by Gasteiger charge is 1.60. The summed E-state index contributed by atoms with van der Waals surface area (Å²) >= 11 is 0. The van der Waals surface area contributed by atoms with E-state index in [2.05, 4.69) is 4.74 Å². The molecule has 0 saturated carbocycles. The molecule has 0 radical (unpaired) electrons. The monoisotopic (exact) mass is 147 g/mol. The van der Waals surface area contributed by atoms with Crippen molar-refractivity contribution in [1.82, 2.24) is 0 Å². The molecular weight excluding hydrogens is 126 g/mol. The van der Waals surface area contributed by atoms with Crippen molar-refractivity contribution in [3.8, 4) is 0 Å². The third kappa shape index (κ3) is 53.9. The number of hydrogen-bond acceptors (Lipinski definition) is 2. The van der Waals surface area contributed by atoms with Crippen LogP contribution in [-0.2, 0) is 4.74 Å². The fourth-order valence-corrected chi connectivity index (χ4v) is 0.152. The summed E-state index contributed by atoms with van der Waals surface area (Å²) in [6.07, 6.45) is 2.82. The average molecular weight is 147 g/mol. The van der Waals surface area contributed by atoms with Crippen LogP contribution in [0.15, 0.2) is 12.5 Å². The summed E-state index contributed by atoms with van der Waals surface area (Å²) in [6, 6.07) is 0. The van der Waals surface area contributed by atoms with E-state index in [1.165, 1.54) is 12.5 Å². The van der Waals surface area contributed by atoms with Crippen LogP contribution in [0, 0.1) is 0 Å². The van der Waals surface area contributed by atoms with E-state index in [-0.39, 0.29) is 0 Å². The zero-order valence-corrected chi connectivity index (χ0v) is 7.85. The molecule has 0 atom stereocenters. The number of nitrogens with two attached hydrogens (primary N) is 1. The van der Waals surface area contributed by atoms with E-state index in [1.54, 1.807) is 0 Å². The van der Waals surface area contributed by atoms with Crippen LogP contribution < -0.4 is 5.73 Å². The molecule has 0 spiro atoms. The predicted octanol–water partition coefficient (Wildman–Crippen LogP) is 2.51. The van der Waals surface area contributed by atoms with Gasteiger partial charge in [-0.3, -0.25) is 0 Å². The maximum absolute atomic E-state index is 4.91. The maximum atomic E-state index is 4.91. The van der Waals surface area contributed by atoms with Gasteiger partial charge in [0.1, 0.15) is 0 Å². The van der Waals surface area contributed by atoms with E-state index in [4.69, 9.17) is 5.73 Å². The highest BCUT2D eigenvalue weighted by molar-refractivity contribution is 4.61. The summed E-state index contributed by atoms with van der Waals surface area (Å²) in [7, 11) is 0. The van der Waals surface area contributed by atoms with Crippen molar-refractivity contribution in [2.75, 3.05) is 6.61 Å². The summed E-state index contributed by atoms with van der Waals surface area (Å²) < 4.78 is 4.68. The van der Waals surface area contributed by atoms with Crippen molar-refractivity contribution >= 4 is 0 Å². The maximum Gasteiger partial charge on any atom is 0.0983 e. The molecule has 10 heavy (non-hydrogen) atoms. The second-order valence-electron chi connectivity index (χ2n) is 0.784. The average Bonchev–Trinajstić information content (AvgIpc) is 2.08. The quantitative estimate of drug-likeness (QED) is 0.609. The molecule has 0 heterocycles. The summed E-state index contributed by atoms with van der Waals surface area (Å²) in [5, 5.41) is 0. The Hall–Kier alpha value is -0.660. The second kappa shape index (κ2) is 40.3. The Bertz CT molecular complexity index is 44.5. The molecule has 64 valence electrons. The predicted molar refractivity (Wildman–Crippen MR) is 47.6 cm³/mol. The first-order valence-electron chi connectivity index (χ1n) is 3.90. The molecule has 0 saturated heterocycles. The molecule has 2 heteroatoms. The zero-order chi connectivity index (χ0) is 8.83. The summed E-state index contributed by atoms with van der Waals surface area (Å²) in [5.74, 6) is 0. The fraction of sp³-hybridized carbons (Fsp3) is 0.750. The van der Waals surface area contributed by atoms with Gasteiger partial charge in [0.2, 0.25) is 0 Å². The molecular formula is C8H21NO. The largest absolute Gasteiger partial charge is 0.500 e. The molecule has 0 aliphatic heterocycles. The Kier molecular flexibility index (Phi) is 65.1. The van der Waals surface area contributed by atoms with Crippen LogP contribution >= 0.6 is 0 Å². The molecule has 0 unspecified atom stereocenters. The van der Waals surface area contributed by atoms with Gasteiger partial charge in [-0.25, -0.2) is 0 Å². The molecule has 0 aromatic rings. The van der Waals surface area contributed by atoms with Crippen molar-refractivity contribution in [3.05, 3.63) is 12.5 Å². The van der Waals surface area contributed by atoms with Gasteiger partial charge in [0.05, 0.1) is 12.9 Å². The van der Waals surface area contributed by atoms with Gasteiger partial charge in [0.25, 0.3) is 0 Å². The number of ether oxygens (including phenoxy) is 1. The van der Waals surface area contributed by atoms with Crippen LogP contribution in [0.25, 0.3) is 0 Å².